The third kappa shape index (κ3) is 5.54. The smallest absolute Gasteiger partial charge is 0.318 e. The minimum absolute atomic E-state index is 0.315. The molecule has 5 nitrogen and oxygen atoms in total. The van der Waals surface area contributed by atoms with Crippen LogP contribution >= 0.6 is 0 Å². The molecule has 3 aromatic rings. The van der Waals surface area contributed by atoms with Crippen LogP contribution in [0.4, 0.5) is 9.18 Å². The number of hydrogen-bond acceptors (Lipinski definition) is 3. The van der Waals surface area contributed by atoms with Crippen LogP contribution in [0.3, 0.4) is 0 Å². The topological polar surface area (TPSA) is 50.8 Å². The summed E-state index contributed by atoms with van der Waals surface area (Å²) in [6.45, 7) is 11.1. The highest BCUT2D eigenvalue weighted by molar-refractivity contribution is 5.76. The van der Waals surface area contributed by atoms with Crippen molar-refractivity contribution in [3.63, 3.8) is 0 Å². The van der Waals surface area contributed by atoms with Gasteiger partial charge in [0.05, 0.1) is 20.3 Å². The number of rotatable bonds is 8. The van der Waals surface area contributed by atoms with Crippen molar-refractivity contribution in [1.29, 1.82) is 0 Å². The number of hydrogen-bond donors (Lipinski definition) is 1. The number of methoxy groups -OCH3 is 1. The first kappa shape index (κ1) is 26.4. The molecule has 0 saturated carbocycles. The second-order valence-corrected chi connectivity index (χ2v) is 9.76. The molecule has 37 heavy (non-hydrogen) atoms. The largest absolute Gasteiger partial charge is 0.496 e. The quantitative estimate of drug-likeness (QED) is 0.366. The molecule has 0 aliphatic carbocycles. The molecule has 0 spiro atoms. The fraction of sp³-hybridized carbons (Fsp3) is 0.323. The lowest BCUT2D eigenvalue weighted by Crippen LogP contribution is -2.55. The number of carbonyl (C=O) groups excluding carboxylic acids is 1. The summed E-state index contributed by atoms with van der Waals surface area (Å²) in [6.07, 6.45) is 1.50. The molecule has 194 valence electrons. The van der Waals surface area contributed by atoms with E-state index in [4.69, 9.17) is 9.47 Å². The summed E-state index contributed by atoms with van der Waals surface area (Å²) in [5.74, 6) is 0.330. The summed E-state index contributed by atoms with van der Waals surface area (Å²) in [5.41, 5.74) is 4.58. The van der Waals surface area contributed by atoms with E-state index in [0.29, 0.717) is 31.7 Å². The molecule has 2 amide bonds. The van der Waals surface area contributed by atoms with Crippen LogP contribution < -0.4 is 10.1 Å². The summed E-state index contributed by atoms with van der Waals surface area (Å²) in [4.78, 5) is 15.8. The van der Waals surface area contributed by atoms with Crippen molar-refractivity contribution >= 4 is 6.03 Å². The van der Waals surface area contributed by atoms with Gasteiger partial charge in [0.15, 0.2) is 0 Å². The summed E-state index contributed by atoms with van der Waals surface area (Å²) in [5, 5.41) is 3.18. The zero-order chi connectivity index (χ0) is 26.6. The van der Waals surface area contributed by atoms with Gasteiger partial charge >= 0.3 is 6.03 Å². The van der Waals surface area contributed by atoms with Gasteiger partial charge in [-0.3, -0.25) is 0 Å². The molecule has 3 aromatic carbocycles. The first-order chi connectivity index (χ1) is 17.8. The second-order valence-electron chi connectivity index (χ2n) is 9.76. The molecule has 1 saturated heterocycles. The van der Waals surface area contributed by atoms with Gasteiger partial charge in [0.2, 0.25) is 0 Å². The molecule has 1 fully saturated rings. The van der Waals surface area contributed by atoms with Crippen molar-refractivity contribution in [2.45, 2.75) is 51.9 Å². The summed E-state index contributed by atoms with van der Waals surface area (Å²) < 4.78 is 26.6. The van der Waals surface area contributed by atoms with E-state index in [2.05, 4.69) is 24.0 Å². The van der Waals surface area contributed by atoms with Crippen molar-refractivity contribution in [2.75, 3.05) is 13.7 Å². The van der Waals surface area contributed by atoms with Crippen LogP contribution in [-0.2, 0) is 23.4 Å². The van der Waals surface area contributed by atoms with E-state index in [9.17, 15) is 4.79 Å². The zero-order valence-electron chi connectivity index (χ0n) is 22.0. The van der Waals surface area contributed by atoms with E-state index in [1.165, 1.54) is 6.07 Å². The van der Waals surface area contributed by atoms with Crippen LogP contribution in [0.15, 0.2) is 73.3 Å². The number of ether oxygens (including phenoxy) is 2. The van der Waals surface area contributed by atoms with Crippen molar-refractivity contribution in [1.82, 2.24) is 10.2 Å². The molecule has 4 rings (SSSR count). The Morgan fingerprint density at radius 3 is 2.46 bits per heavy atom. The standard InChI is InChI=1S/C31H35FN2O3/c1-6-29-31(15-16-37-29,26-9-7-8-10-27(26)32)33-30(35)34(19-24-13-11-21(2)17-23(24)4)20-25-14-12-22(3)18-28(25)36-5/h6-14,17-18,29H,1,15-16,19-20H2,2-5H3,(H,33,35)/t29-,31+/m0/s1. The number of aryl methyl sites for hydroxylation is 3. The Labute approximate surface area is 218 Å². The minimum atomic E-state index is -1.07. The lowest BCUT2D eigenvalue weighted by Gasteiger charge is -2.37. The van der Waals surface area contributed by atoms with Crippen molar-refractivity contribution in [3.8, 4) is 5.75 Å². The van der Waals surface area contributed by atoms with Crippen LogP contribution in [0.5, 0.6) is 5.75 Å². The summed E-state index contributed by atoms with van der Waals surface area (Å²) in [6, 6.07) is 18.4. The normalized spacial score (nSPS) is 18.9. The van der Waals surface area contributed by atoms with Gasteiger partial charge in [-0.15, -0.1) is 6.58 Å². The maximum atomic E-state index is 15.1. The lowest BCUT2D eigenvalue weighted by molar-refractivity contribution is 0.100. The predicted octanol–water partition coefficient (Wildman–Crippen LogP) is 6.34. The maximum Gasteiger partial charge on any atom is 0.318 e. The van der Waals surface area contributed by atoms with Crippen LogP contribution in [-0.4, -0.2) is 30.8 Å². The molecule has 0 bridgehead atoms. The van der Waals surface area contributed by atoms with E-state index in [1.54, 1.807) is 36.3 Å². The van der Waals surface area contributed by atoms with Crippen molar-refractivity contribution < 1.29 is 18.7 Å². The number of urea groups is 1. The SMILES string of the molecule is C=C[C@@H]1OCC[C@@]1(NC(=O)N(Cc1ccc(C)cc1C)Cc1ccc(C)cc1OC)c1ccccc1F. The number of halogens is 1. The van der Waals surface area contributed by atoms with Crippen LogP contribution in [0.2, 0.25) is 0 Å². The molecule has 1 aliphatic rings. The summed E-state index contributed by atoms with van der Waals surface area (Å²) >= 11 is 0. The third-order valence-electron chi connectivity index (χ3n) is 7.13. The highest BCUT2D eigenvalue weighted by atomic mass is 19.1. The van der Waals surface area contributed by atoms with Gasteiger partial charge in [-0.2, -0.15) is 0 Å². The van der Waals surface area contributed by atoms with E-state index >= 15 is 4.39 Å². The molecule has 1 heterocycles. The highest BCUT2D eigenvalue weighted by Gasteiger charge is 2.47. The van der Waals surface area contributed by atoms with Gasteiger partial charge in [-0.05, 0) is 49.6 Å². The molecular weight excluding hydrogens is 467 g/mol. The Balaban J connectivity index is 1.73. The average molecular weight is 503 g/mol. The van der Waals surface area contributed by atoms with Gasteiger partial charge in [0.1, 0.15) is 23.2 Å². The first-order valence-electron chi connectivity index (χ1n) is 12.5. The zero-order valence-corrected chi connectivity index (χ0v) is 22.0. The monoisotopic (exact) mass is 502 g/mol. The van der Waals surface area contributed by atoms with Crippen molar-refractivity contribution in [2.24, 2.45) is 0 Å². The maximum absolute atomic E-state index is 15.1. The molecule has 1 aliphatic heterocycles. The van der Waals surface area contributed by atoms with Crippen molar-refractivity contribution in [3.05, 3.63) is 113 Å². The fourth-order valence-electron chi connectivity index (χ4n) is 5.10. The number of nitrogens with zero attached hydrogens (tertiary/aromatic N) is 1. The van der Waals surface area contributed by atoms with Gasteiger partial charge < -0.3 is 19.7 Å². The van der Waals surface area contributed by atoms with Crippen LogP contribution in [0, 0.1) is 26.6 Å². The number of amides is 2. The van der Waals surface area contributed by atoms with E-state index in [-0.39, 0.29) is 11.8 Å². The fourth-order valence-corrected chi connectivity index (χ4v) is 5.10. The molecular formula is C31H35FN2O3. The molecule has 0 unspecified atom stereocenters. The van der Waals surface area contributed by atoms with E-state index in [0.717, 1.165) is 33.6 Å². The van der Waals surface area contributed by atoms with E-state index < -0.39 is 11.6 Å². The Hall–Kier alpha value is -3.64. The van der Waals surface area contributed by atoms with E-state index in [1.807, 2.05) is 45.0 Å². The second kappa shape index (κ2) is 11.2. The minimum Gasteiger partial charge on any atom is -0.496 e. The Kier molecular flexibility index (Phi) is 7.98. The van der Waals surface area contributed by atoms with Gasteiger partial charge in [-0.25, -0.2) is 9.18 Å². The molecule has 1 N–H and O–H groups in total. The van der Waals surface area contributed by atoms with Gasteiger partial charge in [-0.1, -0.05) is 60.2 Å². The Bertz CT molecular complexity index is 1290. The number of benzene rings is 3. The Morgan fingerprint density at radius 2 is 1.78 bits per heavy atom. The number of carbonyl (C=O) groups is 1. The number of nitrogens with one attached hydrogen (secondary N) is 1. The molecule has 0 aromatic heterocycles. The average Bonchev–Trinajstić information content (AvgIpc) is 3.29. The Morgan fingerprint density at radius 1 is 1.11 bits per heavy atom. The third-order valence-corrected chi connectivity index (χ3v) is 7.13. The first-order valence-corrected chi connectivity index (χ1v) is 12.5. The lowest BCUT2D eigenvalue weighted by atomic mass is 9.83. The van der Waals surface area contributed by atoms with Gasteiger partial charge in [0.25, 0.3) is 0 Å². The summed E-state index contributed by atoms with van der Waals surface area (Å²) in [7, 11) is 1.63. The predicted molar refractivity (Wildman–Crippen MR) is 144 cm³/mol. The van der Waals surface area contributed by atoms with Crippen LogP contribution in [0.25, 0.3) is 0 Å². The molecule has 0 radical (unpaired) electrons. The highest BCUT2D eigenvalue weighted by Crippen LogP contribution is 2.38. The van der Waals surface area contributed by atoms with Gasteiger partial charge in [0, 0.05) is 24.1 Å². The molecule has 6 heteroatoms. The molecule has 2 atom stereocenters. The van der Waals surface area contributed by atoms with Crippen LogP contribution in [0.1, 0.15) is 39.8 Å².